The highest BCUT2D eigenvalue weighted by Crippen LogP contribution is 2.40. The highest BCUT2D eigenvalue weighted by molar-refractivity contribution is 7.18. The van der Waals surface area contributed by atoms with Crippen molar-refractivity contribution in [3.8, 4) is 21.7 Å². The van der Waals surface area contributed by atoms with Gasteiger partial charge >= 0.3 is 0 Å². The first kappa shape index (κ1) is 21.7. The number of nitrogens with zero attached hydrogens (tertiary/aromatic N) is 4. The molecule has 0 bridgehead atoms. The van der Waals surface area contributed by atoms with E-state index in [0.29, 0.717) is 22.3 Å². The van der Waals surface area contributed by atoms with Crippen LogP contribution in [0.5, 0.6) is 0 Å². The largest absolute Gasteiger partial charge is 0.387 e. The summed E-state index contributed by atoms with van der Waals surface area (Å²) < 4.78 is 15.2. The number of H-pyrrole nitrogens is 1. The standard InChI is InChI=1S/C22H30FN7S/c1-21(2)9-15(10-22(3,4)29-21)30(6)20-28-27-19(31-20)18-16(23)7-13(8-17(18)24-5)14-11-25-26-12-14/h7-8,11-12,15,24,29H,9-10H2,1-6H3,(H,25,26). The topological polar surface area (TPSA) is 81.8 Å². The Morgan fingerprint density at radius 3 is 2.45 bits per heavy atom. The maximum absolute atomic E-state index is 15.2. The Bertz CT molecular complexity index is 1040. The second kappa shape index (κ2) is 7.87. The molecule has 0 atom stereocenters. The molecular formula is C22H30FN7S. The number of aromatic nitrogens is 4. The van der Waals surface area contributed by atoms with Crippen molar-refractivity contribution >= 4 is 22.2 Å². The van der Waals surface area contributed by atoms with Gasteiger partial charge in [0.05, 0.1) is 11.8 Å². The fourth-order valence-corrected chi connectivity index (χ4v) is 5.69. The lowest BCUT2D eigenvalue weighted by Crippen LogP contribution is -2.61. The maximum Gasteiger partial charge on any atom is 0.208 e. The van der Waals surface area contributed by atoms with E-state index >= 15 is 4.39 Å². The third-order valence-corrected chi connectivity index (χ3v) is 6.87. The number of rotatable bonds is 5. The Hall–Kier alpha value is -2.52. The molecule has 1 saturated heterocycles. The van der Waals surface area contributed by atoms with Crippen LogP contribution in [-0.4, -0.2) is 51.6 Å². The van der Waals surface area contributed by atoms with Gasteiger partial charge < -0.3 is 15.5 Å². The van der Waals surface area contributed by atoms with Gasteiger partial charge in [0.1, 0.15) is 5.82 Å². The van der Waals surface area contributed by atoms with Gasteiger partial charge in [-0.25, -0.2) is 4.39 Å². The number of piperidine rings is 1. The average molecular weight is 444 g/mol. The maximum atomic E-state index is 15.2. The van der Waals surface area contributed by atoms with E-state index in [1.54, 1.807) is 19.4 Å². The third-order valence-electron chi connectivity index (χ3n) is 5.84. The first-order chi connectivity index (χ1) is 14.6. The molecule has 0 saturated carbocycles. The van der Waals surface area contributed by atoms with E-state index in [1.807, 2.05) is 6.07 Å². The zero-order valence-electron chi connectivity index (χ0n) is 18.9. The van der Waals surface area contributed by atoms with Crippen LogP contribution in [0.1, 0.15) is 40.5 Å². The van der Waals surface area contributed by atoms with Crippen LogP contribution in [-0.2, 0) is 0 Å². The van der Waals surface area contributed by atoms with Crippen LogP contribution < -0.4 is 15.5 Å². The fraction of sp³-hybridized carbons (Fsp3) is 0.500. The summed E-state index contributed by atoms with van der Waals surface area (Å²) in [5.41, 5.74) is 2.75. The van der Waals surface area contributed by atoms with Crippen molar-refractivity contribution in [2.45, 2.75) is 57.7 Å². The minimum Gasteiger partial charge on any atom is -0.387 e. The molecule has 9 heteroatoms. The quantitative estimate of drug-likeness (QED) is 0.538. The predicted molar refractivity (Wildman–Crippen MR) is 125 cm³/mol. The van der Waals surface area contributed by atoms with E-state index in [2.05, 4.69) is 70.7 Å². The van der Waals surface area contributed by atoms with E-state index in [1.165, 1.54) is 17.4 Å². The lowest BCUT2D eigenvalue weighted by atomic mass is 9.79. The molecule has 3 heterocycles. The summed E-state index contributed by atoms with van der Waals surface area (Å²) in [6, 6.07) is 3.75. The summed E-state index contributed by atoms with van der Waals surface area (Å²) in [6.07, 6.45) is 5.41. The van der Waals surface area contributed by atoms with Gasteiger partial charge in [0, 0.05) is 48.7 Å². The molecule has 0 amide bonds. The van der Waals surface area contributed by atoms with Crippen LogP contribution in [0.25, 0.3) is 21.7 Å². The van der Waals surface area contributed by atoms with Gasteiger partial charge in [-0.15, -0.1) is 10.2 Å². The molecule has 0 spiro atoms. The Morgan fingerprint density at radius 1 is 1.13 bits per heavy atom. The van der Waals surface area contributed by atoms with Gasteiger partial charge in [0.15, 0.2) is 5.01 Å². The number of hydrogen-bond donors (Lipinski definition) is 3. The summed E-state index contributed by atoms with van der Waals surface area (Å²) in [6.45, 7) is 8.93. The molecule has 3 N–H and O–H groups in total. The molecule has 0 radical (unpaired) electrons. The Morgan fingerprint density at radius 2 is 1.84 bits per heavy atom. The van der Waals surface area contributed by atoms with Crippen molar-refractivity contribution in [3.05, 3.63) is 30.3 Å². The molecule has 4 rings (SSSR count). The number of anilines is 2. The van der Waals surface area contributed by atoms with Crippen LogP contribution in [0, 0.1) is 5.82 Å². The molecule has 2 aromatic heterocycles. The highest BCUT2D eigenvalue weighted by Gasteiger charge is 2.39. The van der Waals surface area contributed by atoms with Gasteiger partial charge in [-0.2, -0.15) is 5.10 Å². The first-order valence-corrected chi connectivity index (χ1v) is 11.3. The molecule has 166 valence electrons. The Balaban J connectivity index is 1.64. The summed E-state index contributed by atoms with van der Waals surface area (Å²) >= 11 is 1.42. The molecule has 3 aromatic rings. The first-order valence-electron chi connectivity index (χ1n) is 10.4. The molecule has 1 fully saturated rings. The molecular weight excluding hydrogens is 413 g/mol. The summed E-state index contributed by atoms with van der Waals surface area (Å²) in [4.78, 5) is 2.20. The SMILES string of the molecule is CNc1cc(-c2cn[nH]c2)cc(F)c1-c1nnc(N(C)C2CC(C)(C)NC(C)(C)C2)s1. The number of nitrogens with one attached hydrogen (secondary N) is 3. The van der Waals surface area contributed by atoms with Crippen molar-refractivity contribution < 1.29 is 4.39 Å². The lowest BCUT2D eigenvalue weighted by molar-refractivity contribution is 0.161. The molecule has 1 aliphatic rings. The van der Waals surface area contributed by atoms with Crippen molar-refractivity contribution in [2.24, 2.45) is 0 Å². The number of hydrogen-bond acceptors (Lipinski definition) is 7. The van der Waals surface area contributed by atoms with Crippen molar-refractivity contribution in [3.63, 3.8) is 0 Å². The molecule has 0 unspecified atom stereocenters. The van der Waals surface area contributed by atoms with Crippen LogP contribution in [0.15, 0.2) is 24.5 Å². The normalized spacial score (nSPS) is 18.2. The van der Waals surface area contributed by atoms with E-state index in [-0.39, 0.29) is 16.9 Å². The molecule has 1 aliphatic heterocycles. The monoisotopic (exact) mass is 443 g/mol. The Labute approximate surface area is 186 Å². The molecule has 0 aliphatic carbocycles. The van der Waals surface area contributed by atoms with Crippen molar-refractivity contribution in [2.75, 3.05) is 24.3 Å². The summed E-state index contributed by atoms with van der Waals surface area (Å²) in [5.74, 6) is -0.336. The van der Waals surface area contributed by atoms with Gasteiger partial charge in [-0.1, -0.05) is 11.3 Å². The number of aromatic amines is 1. The van der Waals surface area contributed by atoms with Gasteiger partial charge in [-0.3, -0.25) is 5.10 Å². The van der Waals surface area contributed by atoms with E-state index in [0.717, 1.165) is 29.1 Å². The van der Waals surface area contributed by atoms with Crippen molar-refractivity contribution in [1.82, 2.24) is 25.7 Å². The predicted octanol–water partition coefficient (Wildman–Crippen LogP) is 4.52. The van der Waals surface area contributed by atoms with Gasteiger partial charge in [0.25, 0.3) is 0 Å². The number of benzene rings is 1. The third kappa shape index (κ3) is 4.43. The minimum atomic E-state index is -0.336. The van der Waals surface area contributed by atoms with E-state index in [9.17, 15) is 0 Å². The lowest BCUT2D eigenvalue weighted by Gasteiger charge is -2.48. The number of halogens is 1. The average Bonchev–Trinajstić information content (AvgIpc) is 3.36. The van der Waals surface area contributed by atoms with Gasteiger partial charge in [-0.05, 0) is 58.2 Å². The second-order valence-electron chi connectivity index (χ2n) is 9.57. The van der Waals surface area contributed by atoms with Crippen molar-refractivity contribution in [1.29, 1.82) is 0 Å². The van der Waals surface area contributed by atoms with Crippen LogP contribution in [0.2, 0.25) is 0 Å². The molecule has 31 heavy (non-hydrogen) atoms. The zero-order valence-corrected chi connectivity index (χ0v) is 19.7. The zero-order chi connectivity index (χ0) is 22.4. The smallest absolute Gasteiger partial charge is 0.208 e. The van der Waals surface area contributed by atoms with E-state index in [4.69, 9.17) is 0 Å². The molecule has 7 nitrogen and oxygen atoms in total. The summed E-state index contributed by atoms with van der Waals surface area (Å²) in [5, 5.41) is 23.7. The molecule has 1 aromatic carbocycles. The van der Waals surface area contributed by atoms with Crippen LogP contribution in [0.3, 0.4) is 0 Å². The highest BCUT2D eigenvalue weighted by atomic mass is 32.1. The fourth-order valence-electron chi connectivity index (χ4n) is 4.75. The minimum absolute atomic E-state index is 0.0303. The van der Waals surface area contributed by atoms with Crippen LogP contribution in [0.4, 0.5) is 15.2 Å². The van der Waals surface area contributed by atoms with Gasteiger partial charge in [0.2, 0.25) is 5.13 Å². The van der Waals surface area contributed by atoms with Crippen LogP contribution >= 0.6 is 11.3 Å². The summed E-state index contributed by atoms with van der Waals surface area (Å²) in [7, 11) is 3.84. The Kier molecular flexibility index (Phi) is 5.51. The second-order valence-corrected chi connectivity index (χ2v) is 10.5. The van der Waals surface area contributed by atoms with E-state index < -0.39 is 0 Å².